The summed E-state index contributed by atoms with van der Waals surface area (Å²) in [5.74, 6) is 0.526. The van der Waals surface area contributed by atoms with E-state index in [1.807, 2.05) is 18.3 Å². The van der Waals surface area contributed by atoms with Gasteiger partial charge in [0.1, 0.15) is 0 Å². The third-order valence-corrected chi connectivity index (χ3v) is 2.88. The maximum absolute atomic E-state index is 6.08. The summed E-state index contributed by atoms with van der Waals surface area (Å²) in [5, 5.41) is 0. The minimum atomic E-state index is 0.240. The fraction of sp³-hybridized carbons (Fsp3) is 0.615. The topological polar surface area (TPSA) is 42.2 Å². The molecule has 1 unspecified atom stereocenters. The highest BCUT2D eigenvalue weighted by Crippen LogP contribution is 2.05. The van der Waals surface area contributed by atoms with Crippen molar-refractivity contribution in [1.82, 2.24) is 9.88 Å². The standard InChI is InChI=1S/C13H23N3/c1-4-16(10-13(14)11(2)3)9-12-7-5-6-8-15-12/h5-8,11,13H,4,9-10,14H2,1-3H3. The van der Waals surface area contributed by atoms with Crippen LogP contribution in [0.25, 0.3) is 0 Å². The average molecular weight is 221 g/mol. The van der Waals surface area contributed by atoms with E-state index in [0.29, 0.717) is 5.92 Å². The lowest BCUT2D eigenvalue weighted by Gasteiger charge is -2.25. The van der Waals surface area contributed by atoms with Crippen molar-refractivity contribution in [3.63, 3.8) is 0 Å². The number of rotatable bonds is 6. The third-order valence-electron chi connectivity index (χ3n) is 2.88. The van der Waals surface area contributed by atoms with Crippen molar-refractivity contribution < 1.29 is 0 Å². The number of hydrogen-bond donors (Lipinski definition) is 1. The summed E-state index contributed by atoms with van der Waals surface area (Å²) in [6.45, 7) is 9.33. The lowest BCUT2D eigenvalue weighted by Crippen LogP contribution is -2.40. The van der Waals surface area contributed by atoms with Gasteiger partial charge in [0.25, 0.3) is 0 Å². The van der Waals surface area contributed by atoms with Gasteiger partial charge in [-0.25, -0.2) is 0 Å². The first-order valence-corrected chi connectivity index (χ1v) is 6.01. The first-order valence-electron chi connectivity index (χ1n) is 6.01. The number of nitrogens with two attached hydrogens (primary N) is 1. The van der Waals surface area contributed by atoms with E-state index in [1.54, 1.807) is 0 Å². The summed E-state index contributed by atoms with van der Waals surface area (Å²) in [4.78, 5) is 6.68. The Balaban J connectivity index is 2.49. The number of hydrogen-bond acceptors (Lipinski definition) is 3. The van der Waals surface area contributed by atoms with Gasteiger partial charge in [-0.1, -0.05) is 26.8 Å². The number of pyridine rings is 1. The van der Waals surface area contributed by atoms with E-state index < -0.39 is 0 Å². The smallest absolute Gasteiger partial charge is 0.0543 e. The first kappa shape index (κ1) is 13.1. The van der Waals surface area contributed by atoms with E-state index in [1.165, 1.54) is 0 Å². The quantitative estimate of drug-likeness (QED) is 0.797. The molecule has 1 heterocycles. The molecule has 0 spiro atoms. The monoisotopic (exact) mass is 221 g/mol. The van der Waals surface area contributed by atoms with E-state index in [9.17, 15) is 0 Å². The highest BCUT2D eigenvalue weighted by atomic mass is 15.1. The van der Waals surface area contributed by atoms with Crippen LogP contribution in [0.4, 0.5) is 0 Å². The molecule has 1 rings (SSSR count). The van der Waals surface area contributed by atoms with Gasteiger partial charge < -0.3 is 5.73 Å². The van der Waals surface area contributed by atoms with Crippen molar-refractivity contribution in [2.75, 3.05) is 13.1 Å². The summed E-state index contributed by atoms with van der Waals surface area (Å²) < 4.78 is 0. The minimum absolute atomic E-state index is 0.240. The third kappa shape index (κ3) is 4.29. The Morgan fingerprint density at radius 1 is 1.38 bits per heavy atom. The Morgan fingerprint density at radius 2 is 2.12 bits per heavy atom. The summed E-state index contributed by atoms with van der Waals surface area (Å²) in [7, 11) is 0. The second kappa shape index (κ2) is 6.61. The van der Waals surface area contributed by atoms with Gasteiger partial charge in [-0.15, -0.1) is 0 Å². The number of likely N-dealkylation sites (N-methyl/N-ethyl adjacent to an activating group) is 1. The molecular formula is C13H23N3. The number of aromatic nitrogens is 1. The van der Waals surface area contributed by atoms with E-state index >= 15 is 0 Å². The van der Waals surface area contributed by atoms with Gasteiger partial charge in [-0.05, 0) is 24.6 Å². The van der Waals surface area contributed by atoms with Crippen molar-refractivity contribution in [2.24, 2.45) is 11.7 Å². The fourth-order valence-electron chi connectivity index (χ4n) is 1.54. The Kier molecular flexibility index (Phi) is 5.43. The van der Waals surface area contributed by atoms with Crippen LogP contribution in [-0.4, -0.2) is 29.0 Å². The lowest BCUT2D eigenvalue weighted by atomic mass is 10.1. The van der Waals surface area contributed by atoms with Crippen molar-refractivity contribution in [3.05, 3.63) is 30.1 Å². The van der Waals surface area contributed by atoms with Crippen LogP contribution in [0.1, 0.15) is 26.5 Å². The maximum Gasteiger partial charge on any atom is 0.0543 e. The molecule has 0 aromatic carbocycles. The molecular weight excluding hydrogens is 198 g/mol. The Morgan fingerprint density at radius 3 is 2.62 bits per heavy atom. The largest absolute Gasteiger partial charge is 0.326 e. The molecule has 16 heavy (non-hydrogen) atoms. The van der Waals surface area contributed by atoms with Gasteiger partial charge >= 0.3 is 0 Å². The zero-order chi connectivity index (χ0) is 12.0. The van der Waals surface area contributed by atoms with Crippen LogP contribution in [0.2, 0.25) is 0 Å². The molecule has 0 saturated heterocycles. The molecule has 0 bridgehead atoms. The van der Waals surface area contributed by atoms with Gasteiger partial charge in [-0.2, -0.15) is 0 Å². The van der Waals surface area contributed by atoms with E-state index in [4.69, 9.17) is 5.73 Å². The van der Waals surface area contributed by atoms with Gasteiger partial charge in [0.15, 0.2) is 0 Å². The van der Waals surface area contributed by atoms with Crippen LogP contribution < -0.4 is 5.73 Å². The predicted molar refractivity (Wildman–Crippen MR) is 68.0 cm³/mol. The molecule has 0 aliphatic carbocycles. The predicted octanol–water partition coefficient (Wildman–Crippen LogP) is 1.89. The molecule has 0 saturated carbocycles. The van der Waals surface area contributed by atoms with Crippen molar-refractivity contribution >= 4 is 0 Å². The fourth-order valence-corrected chi connectivity index (χ4v) is 1.54. The maximum atomic E-state index is 6.08. The average Bonchev–Trinajstić information content (AvgIpc) is 2.29. The molecule has 0 amide bonds. The summed E-state index contributed by atoms with van der Waals surface area (Å²) in [6, 6.07) is 6.27. The molecule has 90 valence electrons. The first-order chi connectivity index (χ1) is 7.63. The van der Waals surface area contributed by atoms with E-state index in [2.05, 4.69) is 36.7 Å². The molecule has 3 nitrogen and oxygen atoms in total. The molecule has 0 fully saturated rings. The molecule has 2 N–H and O–H groups in total. The molecule has 0 aliphatic rings. The molecule has 3 heteroatoms. The van der Waals surface area contributed by atoms with Gasteiger partial charge in [-0.3, -0.25) is 9.88 Å². The second-order valence-electron chi connectivity index (χ2n) is 4.56. The Bertz CT molecular complexity index is 284. The Hall–Kier alpha value is -0.930. The summed E-state index contributed by atoms with van der Waals surface area (Å²) in [6.07, 6.45) is 1.84. The van der Waals surface area contributed by atoms with Crippen molar-refractivity contribution in [3.8, 4) is 0 Å². The number of nitrogens with zero attached hydrogens (tertiary/aromatic N) is 2. The van der Waals surface area contributed by atoms with Crippen LogP contribution in [0.3, 0.4) is 0 Å². The zero-order valence-electron chi connectivity index (χ0n) is 10.6. The van der Waals surface area contributed by atoms with E-state index in [-0.39, 0.29) is 6.04 Å². The highest BCUT2D eigenvalue weighted by molar-refractivity contribution is 5.03. The van der Waals surface area contributed by atoms with Crippen LogP contribution in [-0.2, 0) is 6.54 Å². The van der Waals surface area contributed by atoms with Crippen LogP contribution >= 0.6 is 0 Å². The van der Waals surface area contributed by atoms with Crippen LogP contribution in [0, 0.1) is 5.92 Å². The molecule has 1 aromatic heterocycles. The highest BCUT2D eigenvalue weighted by Gasteiger charge is 2.12. The molecule has 1 aromatic rings. The van der Waals surface area contributed by atoms with Gasteiger partial charge in [0, 0.05) is 25.3 Å². The summed E-state index contributed by atoms with van der Waals surface area (Å²) >= 11 is 0. The second-order valence-corrected chi connectivity index (χ2v) is 4.56. The van der Waals surface area contributed by atoms with Gasteiger partial charge in [0.2, 0.25) is 0 Å². The SMILES string of the molecule is CCN(Cc1ccccn1)CC(N)C(C)C. The summed E-state index contributed by atoms with van der Waals surface area (Å²) in [5.41, 5.74) is 7.20. The normalized spacial score (nSPS) is 13.4. The van der Waals surface area contributed by atoms with E-state index in [0.717, 1.165) is 25.3 Å². The minimum Gasteiger partial charge on any atom is -0.326 e. The molecule has 1 atom stereocenters. The lowest BCUT2D eigenvalue weighted by molar-refractivity contribution is 0.239. The molecule has 0 aliphatic heterocycles. The van der Waals surface area contributed by atoms with Crippen molar-refractivity contribution in [1.29, 1.82) is 0 Å². The molecule has 0 radical (unpaired) electrons. The van der Waals surface area contributed by atoms with Crippen LogP contribution in [0.15, 0.2) is 24.4 Å². The Labute approximate surface area is 98.7 Å². The zero-order valence-corrected chi connectivity index (χ0v) is 10.6. The van der Waals surface area contributed by atoms with Crippen LogP contribution in [0.5, 0.6) is 0 Å². The van der Waals surface area contributed by atoms with Crippen molar-refractivity contribution in [2.45, 2.75) is 33.4 Å². The van der Waals surface area contributed by atoms with Gasteiger partial charge in [0.05, 0.1) is 5.69 Å².